The molecule has 0 bridgehead atoms. The molecular formula is C22H48N2O3. The van der Waals surface area contributed by atoms with Crippen molar-refractivity contribution in [2.75, 3.05) is 46.1 Å². The topological polar surface area (TPSA) is 76.7 Å². The standard InChI is InChI=1S/C22H48N2O3/c1-3-4-5-6-7-8-9-10-11-12-13-21(2)22(25)20-24-15-17-27-19-18-26-16-14-23/h21-22,24-25H,3-20,23H2,1-2H3. The summed E-state index contributed by atoms with van der Waals surface area (Å²) >= 11 is 0. The van der Waals surface area contributed by atoms with E-state index >= 15 is 0 Å². The van der Waals surface area contributed by atoms with Crippen molar-refractivity contribution in [1.29, 1.82) is 0 Å². The molecule has 5 nitrogen and oxygen atoms in total. The smallest absolute Gasteiger partial charge is 0.0701 e. The van der Waals surface area contributed by atoms with Gasteiger partial charge in [-0.2, -0.15) is 0 Å². The van der Waals surface area contributed by atoms with Crippen LogP contribution in [0.15, 0.2) is 0 Å². The Morgan fingerprint density at radius 1 is 0.815 bits per heavy atom. The summed E-state index contributed by atoms with van der Waals surface area (Å²) in [6, 6.07) is 0. The van der Waals surface area contributed by atoms with Crippen LogP contribution in [0.25, 0.3) is 0 Å². The summed E-state index contributed by atoms with van der Waals surface area (Å²) in [4.78, 5) is 0. The van der Waals surface area contributed by atoms with Gasteiger partial charge in [-0.3, -0.25) is 0 Å². The first-order valence-corrected chi connectivity index (χ1v) is 11.5. The van der Waals surface area contributed by atoms with Crippen molar-refractivity contribution in [1.82, 2.24) is 5.32 Å². The minimum absolute atomic E-state index is 0.267. The first-order chi connectivity index (χ1) is 13.2. The van der Waals surface area contributed by atoms with Gasteiger partial charge in [0.1, 0.15) is 0 Å². The van der Waals surface area contributed by atoms with E-state index in [1.807, 2.05) is 0 Å². The number of rotatable bonds is 22. The molecule has 0 aromatic rings. The summed E-state index contributed by atoms with van der Waals surface area (Å²) in [6.07, 6.45) is 14.5. The molecule has 0 heterocycles. The van der Waals surface area contributed by atoms with Crippen molar-refractivity contribution >= 4 is 0 Å². The van der Waals surface area contributed by atoms with E-state index in [4.69, 9.17) is 15.2 Å². The average molecular weight is 389 g/mol. The van der Waals surface area contributed by atoms with E-state index in [0.29, 0.717) is 45.4 Å². The number of nitrogens with one attached hydrogen (secondary N) is 1. The Bertz CT molecular complexity index is 280. The third kappa shape index (κ3) is 20.3. The molecule has 0 radical (unpaired) electrons. The zero-order valence-corrected chi connectivity index (χ0v) is 18.2. The van der Waals surface area contributed by atoms with Crippen molar-refractivity contribution in [2.24, 2.45) is 11.7 Å². The van der Waals surface area contributed by atoms with Gasteiger partial charge < -0.3 is 25.6 Å². The van der Waals surface area contributed by atoms with E-state index in [2.05, 4.69) is 19.2 Å². The van der Waals surface area contributed by atoms with E-state index in [0.717, 1.165) is 13.0 Å². The van der Waals surface area contributed by atoms with Gasteiger partial charge in [0.15, 0.2) is 0 Å². The molecule has 0 rings (SSSR count). The number of nitrogens with two attached hydrogens (primary N) is 1. The largest absolute Gasteiger partial charge is 0.392 e. The van der Waals surface area contributed by atoms with Crippen molar-refractivity contribution in [2.45, 2.75) is 90.6 Å². The maximum Gasteiger partial charge on any atom is 0.0701 e. The van der Waals surface area contributed by atoms with Crippen LogP contribution in [0, 0.1) is 5.92 Å². The van der Waals surface area contributed by atoms with Gasteiger partial charge in [-0.15, -0.1) is 0 Å². The molecule has 164 valence electrons. The molecule has 0 aliphatic heterocycles. The average Bonchev–Trinajstić information content (AvgIpc) is 2.67. The molecule has 2 unspecified atom stereocenters. The SMILES string of the molecule is CCCCCCCCCCCCC(C)C(O)CNCCOCCOCCN. The molecule has 27 heavy (non-hydrogen) atoms. The maximum absolute atomic E-state index is 10.2. The van der Waals surface area contributed by atoms with Crippen LogP contribution in [-0.2, 0) is 9.47 Å². The van der Waals surface area contributed by atoms with Crippen molar-refractivity contribution in [3.05, 3.63) is 0 Å². The Kier molecular flexibility index (Phi) is 21.9. The van der Waals surface area contributed by atoms with Crippen LogP contribution in [-0.4, -0.2) is 57.3 Å². The highest BCUT2D eigenvalue weighted by Crippen LogP contribution is 2.15. The minimum Gasteiger partial charge on any atom is -0.392 e. The molecule has 0 spiro atoms. The van der Waals surface area contributed by atoms with Gasteiger partial charge >= 0.3 is 0 Å². The highest BCUT2D eigenvalue weighted by atomic mass is 16.5. The fourth-order valence-electron chi connectivity index (χ4n) is 3.15. The normalized spacial score (nSPS) is 13.8. The molecular weight excluding hydrogens is 340 g/mol. The summed E-state index contributed by atoms with van der Waals surface area (Å²) in [5.41, 5.74) is 5.34. The lowest BCUT2D eigenvalue weighted by atomic mass is 9.96. The van der Waals surface area contributed by atoms with Gasteiger partial charge in [-0.05, 0) is 12.3 Å². The maximum atomic E-state index is 10.2. The first-order valence-electron chi connectivity index (χ1n) is 11.5. The summed E-state index contributed by atoms with van der Waals surface area (Å²) < 4.78 is 10.7. The predicted molar refractivity (Wildman–Crippen MR) is 115 cm³/mol. The molecule has 0 saturated heterocycles. The second-order valence-electron chi connectivity index (χ2n) is 7.73. The fraction of sp³-hybridized carbons (Fsp3) is 1.00. The molecule has 0 amide bonds. The van der Waals surface area contributed by atoms with Crippen molar-refractivity contribution < 1.29 is 14.6 Å². The Morgan fingerprint density at radius 3 is 1.96 bits per heavy atom. The van der Waals surface area contributed by atoms with E-state index in [1.54, 1.807) is 0 Å². The third-order valence-corrected chi connectivity index (χ3v) is 5.08. The van der Waals surface area contributed by atoms with Crippen LogP contribution < -0.4 is 11.1 Å². The molecule has 2 atom stereocenters. The molecule has 0 aliphatic carbocycles. The minimum atomic E-state index is -0.267. The lowest BCUT2D eigenvalue weighted by Gasteiger charge is -2.19. The molecule has 0 aliphatic rings. The molecule has 4 N–H and O–H groups in total. The van der Waals surface area contributed by atoms with Gasteiger partial charge in [0.25, 0.3) is 0 Å². The Morgan fingerprint density at radius 2 is 1.37 bits per heavy atom. The fourth-order valence-corrected chi connectivity index (χ4v) is 3.15. The van der Waals surface area contributed by atoms with Gasteiger partial charge in [-0.25, -0.2) is 0 Å². The quantitative estimate of drug-likeness (QED) is 0.245. The van der Waals surface area contributed by atoms with Gasteiger partial charge in [0.05, 0.1) is 32.5 Å². The van der Waals surface area contributed by atoms with E-state index in [1.165, 1.54) is 64.2 Å². The van der Waals surface area contributed by atoms with Gasteiger partial charge in [0.2, 0.25) is 0 Å². The van der Waals surface area contributed by atoms with E-state index < -0.39 is 0 Å². The van der Waals surface area contributed by atoms with Crippen LogP contribution in [0.5, 0.6) is 0 Å². The van der Waals surface area contributed by atoms with Crippen molar-refractivity contribution in [3.8, 4) is 0 Å². The zero-order chi connectivity index (χ0) is 20.0. The first kappa shape index (κ1) is 26.8. The van der Waals surface area contributed by atoms with Crippen LogP contribution in [0.3, 0.4) is 0 Å². The number of unbranched alkanes of at least 4 members (excludes halogenated alkanes) is 9. The highest BCUT2D eigenvalue weighted by molar-refractivity contribution is 4.67. The Hall–Kier alpha value is -0.200. The van der Waals surface area contributed by atoms with Crippen LogP contribution in [0.4, 0.5) is 0 Å². The summed E-state index contributed by atoms with van der Waals surface area (Å²) in [5.74, 6) is 0.358. The second-order valence-corrected chi connectivity index (χ2v) is 7.73. The summed E-state index contributed by atoms with van der Waals surface area (Å²) in [5, 5.41) is 13.5. The molecule has 0 aromatic carbocycles. The molecule has 5 heteroatoms. The number of aliphatic hydroxyl groups is 1. The van der Waals surface area contributed by atoms with Gasteiger partial charge in [0, 0.05) is 19.6 Å². The van der Waals surface area contributed by atoms with E-state index in [-0.39, 0.29) is 6.10 Å². The lowest BCUT2D eigenvalue weighted by Crippen LogP contribution is -2.33. The molecule has 0 saturated carbocycles. The van der Waals surface area contributed by atoms with Crippen molar-refractivity contribution in [3.63, 3.8) is 0 Å². The summed E-state index contributed by atoms with van der Waals surface area (Å²) in [6.45, 7) is 8.81. The Balaban J connectivity index is 3.31. The monoisotopic (exact) mass is 388 g/mol. The summed E-state index contributed by atoms with van der Waals surface area (Å²) in [7, 11) is 0. The van der Waals surface area contributed by atoms with E-state index in [9.17, 15) is 5.11 Å². The number of ether oxygens (including phenoxy) is 2. The second kappa shape index (κ2) is 22.1. The van der Waals surface area contributed by atoms with Crippen LogP contribution in [0.2, 0.25) is 0 Å². The molecule has 0 fully saturated rings. The number of hydrogen-bond acceptors (Lipinski definition) is 5. The van der Waals surface area contributed by atoms with Crippen LogP contribution >= 0.6 is 0 Å². The Labute approximate surface area is 168 Å². The van der Waals surface area contributed by atoms with Gasteiger partial charge in [-0.1, -0.05) is 78.1 Å². The number of hydrogen-bond donors (Lipinski definition) is 3. The van der Waals surface area contributed by atoms with Crippen LogP contribution in [0.1, 0.15) is 84.5 Å². The predicted octanol–water partition coefficient (Wildman–Crippen LogP) is 3.88. The number of aliphatic hydroxyl groups excluding tert-OH is 1. The molecule has 0 aromatic heterocycles. The third-order valence-electron chi connectivity index (χ3n) is 5.08. The highest BCUT2D eigenvalue weighted by Gasteiger charge is 2.13. The zero-order valence-electron chi connectivity index (χ0n) is 18.2. The lowest BCUT2D eigenvalue weighted by molar-refractivity contribution is 0.0496.